The molecule has 0 aliphatic rings. The number of aryl methyl sites for hydroxylation is 1. The number of nitrogens with zero attached hydrogens (tertiary/aromatic N) is 4. The molecule has 0 aliphatic heterocycles. The monoisotopic (exact) mass is 379 g/mol. The van der Waals surface area contributed by atoms with Crippen LogP contribution in [0.5, 0.6) is 0 Å². The number of carbonyl (C=O) groups is 1. The van der Waals surface area contributed by atoms with Crippen LogP contribution in [0.2, 0.25) is 0 Å². The van der Waals surface area contributed by atoms with Gasteiger partial charge in [0.25, 0.3) is 11.6 Å². The number of carbonyl (C=O) groups excluding carboxylic acids is 1. The van der Waals surface area contributed by atoms with E-state index >= 15 is 0 Å². The molecule has 1 aromatic heterocycles. The van der Waals surface area contributed by atoms with Crippen LogP contribution in [-0.4, -0.2) is 48.4 Å². The van der Waals surface area contributed by atoms with E-state index in [0.29, 0.717) is 6.54 Å². The summed E-state index contributed by atoms with van der Waals surface area (Å²) in [5.41, 5.74) is -0.920. The molecule has 0 saturated carbocycles. The number of non-ortho nitro benzene ring substituents is 1. The molecule has 2 unspecified atom stereocenters. The first-order valence-corrected chi connectivity index (χ1v) is 7.84. The van der Waals surface area contributed by atoms with Crippen LogP contribution in [0.15, 0.2) is 30.5 Å². The zero-order valence-electron chi connectivity index (χ0n) is 14.2. The second-order valence-electron chi connectivity index (χ2n) is 5.53. The van der Waals surface area contributed by atoms with E-state index in [9.17, 15) is 35.2 Å². The molecule has 3 N–H and O–H groups in total. The number of rotatable bonds is 8. The Morgan fingerprint density at radius 1 is 1.26 bits per heavy atom. The molecule has 2 aromatic rings. The minimum atomic E-state index is -1.40. The van der Waals surface area contributed by atoms with Crippen LogP contribution in [0.4, 0.5) is 11.4 Å². The van der Waals surface area contributed by atoms with Gasteiger partial charge in [0.2, 0.25) is 5.69 Å². The summed E-state index contributed by atoms with van der Waals surface area (Å²) < 4.78 is 1.22. The third-order valence-corrected chi connectivity index (χ3v) is 3.82. The highest BCUT2D eigenvalue weighted by Gasteiger charge is 2.29. The Morgan fingerprint density at radius 3 is 2.37 bits per heavy atom. The fourth-order valence-corrected chi connectivity index (χ4v) is 2.35. The van der Waals surface area contributed by atoms with Crippen LogP contribution in [0, 0.1) is 20.2 Å². The van der Waals surface area contributed by atoms with Crippen LogP contribution in [0.3, 0.4) is 0 Å². The molecular weight excluding hydrogens is 362 g/mol. The van der Waals surface area contributed by atoms with E-state index in [4.69, 9.17) is 0 Å². The third kappa shape index (κ3) is 4.43. The van der Waals surface area contributed by atoms with Gasteiger partial charge in [-0.3, -0.25) is 29.7 Å². The van der Waals surface area contributed by atoms with E-state index in [1.807, 2.05) is 0 Å². The maximum absolute atomic E-state index is 12.3. The molecule has 2 atom stereocenters. The smallest absolute Gasteiger partial charge is 0.320 e. The molecule has 1 aromatic carbocycles. The summed E-state index contributed by atoms with van der Waals surface area (Å²) >= 11 is 0. The summed E-state index contributed by atoms with van der Waals surface area (Å²) in [6.45, 7) is 1.32. The van der Waals surface area contributed by atoms with Crippen molar-refractivity contribution in [2.45, 2.75) is 25.6 Å². The first kappa shape index (κ1) is 19.9. The van der Waals surface area contributed by atoms with Crippen molar-refractivity contribution in [2.75, 3.05) is 6.61 Å². The Bertz CT molecular complexity index is 849. The average Bonchev–Trinajstić information content (AvgIpc) is 3.10. The number of nitro groups is 2. The van der Waals surface area contributed by atoms with Gasteiger partial charge in [-0.05, 0) is 24.6 Å². The van der Waals surface area contributed by atoms with E-state index in [-0.39, 0.29) is 11.3 Å². The van der Waals surface area contributed by atoms with Gasteiger partial charge in [0.15, 0.2) is 0 Å². The fraction of sp³-hybridized carbons (Fsp3) is 0.333. The number of amides is 1. The lowest BCUT2D eigenvalue weighted by molar-refractivity contribution is -0.385. The van der Waals surface area contributed by atoms with Gasteiger partial charge < -0.3 is 15.5 Å². The highest BCUT2D eigenvalue weighted by atomic mass is 16.6. The topological polar surface area (TPSA) is 174 Å². The van der Waals surface area contributed by atoms with E-state index in [1.54, 1.807) is 6.92 Å². The van der Waals surface area contributed by atoms with Crippen molar-refractivity contribution in [3.05, 3.63) is 61.9 Å². The third-order valence-electron chi connectivity index (χ3n) is 3.82. The summed E-state index contributed by atoms with van der Waals surface area (Å²) in [5.74, 6) is -0.936. The molecular formula is C15H17N5O7. The average molecular weight is 379 g/mol. The molecule has 12 heteroatoms. The Labute approximate surface area is 152 Å². The van der Waals surface area contributed by atoms with Gasteiger partial charge >= 0.3 is 5.69 Å². The van der Waals surface area contributed by atoms with Gasteiger partial charge in [0.1, 0.15) is 12.3 Å². The molecule has 0 aliphatic carbocycles. The van der Waals surface area contributed by atoms with Gasteiger partial charge in [-0.2, -0.15) is 5.10 Å². The molecule has 0 spiro atoms. The van der Waals surface area contributed by atoms with Crippen molar-refractivity contribution < 1.29 is 24.9 Å². The number of nitrogens with one attached hydrogen (secondary N) is 1. The van der Waals surface area contributed by atoms with Crippen LogP contribution < -0.4 is 5.32 Å². The lowest BCUT2D eigenvalue weighted by atomic mass is 10.0. The van der Waals surface area contributed by atoms with Crippen LogP contribution >= 0.6 is 0 Å². The predicted octanol–water partition coefficient (Wildman–Crippen LogP) is 0.544. The maximum atomic E-state index is 12.3. The van der Waals surface area contributed by atoms with Gasteiger partial charge in [-0.15, -0.1) is 0 Å². The maximum Gasteiger partial charge on any atom is 0.320 e. The predicted molar refractivity (Wildman–Crippen MR) is 91.0 cm³/mol. The molecule has 144 valence electrons. The number of aromatic nitrogens is 2. The van der Waals surface area contributed by atoms with Crippen LogP contribution in [0.1, 0.15) is 29.1 Å². The highest BCUT2D eigenvalue weighted by Crippen LogP contribution is 2.22. The molecule has 0 radical (unpaired) electrons. The van der Waals surface area contributed by atoms with Crippen molar-refractivity contribution >= 4 is 17.3 Å². The van der Waals surface area contributed by atoms with E-state index in [2.05, 4.69) is 10.4 Å². The summed E-state index contributed by atoms with van der Waals surface area (Å²) in [5, 5.41) is 47.7. The number of hydrogen-bond acceptors (Lipinski definition) is 8. The SMILES string of the molecule is CCn1cc([N+](=O)[O-])c(C(=O)NC(CO)C(O)c2ccc([N+](=O)[O-])cc2)n1. The quantitative estimate of drug-likeness (QED) is 0.440. The molecule has 0 fully saturated rings. The Kier molecular flexibility index (Phi) is 6.15. The van der Waals surface area contributed by atoms with Gasteiger partial charge in [-0.1, -0.05) is 0 Å². The zero-order chi connectivity index (χ0) is 20.1. The van der Waals surface area contributed by atoms with Gasteiger partial charge in [-0.25, -0.2) is 0 Å². The lowest BCUT2D eigenvalue weighted by Crippen LogP contribution is -2.42. The summed E-state index contributed by atoms with van der Waals surface area (Å²) in [7, 11) is 0. The zero-order valence-corrected chi connectivity index (χ0v) is 14.2. The fourth-order valence-electron chi connectivity index (χ4n) is 2.35. The first-order valence-electron chi connectivity index (χ1n) is 7.84. The molecule has 2 rings (SSSR count). The number of aliphatic hydroxyl groups excluding tert-OH is 2. The molecule has 0 saturated heterocycles. The Balaban J connectivity index is 2.20. The molecule has 1 amide bonds. The van der Waals surface area contributed by atoms with Gasteiger partial charge in [0, 0.05) is 18.7 Å². The lowest BCUT2D eigenvalue weighted by Gasteiger charge is -2.22. The van der Waals surface area contributed by atoms with Gasteiger partial charge in [0.05, 0.1) is 22.5 Å². The summed E-state index contributed by atoms with van der Waals surface area (Å²) in [6.07, 6.45) is -0.289. The first-order chi connectivity index (χ1) is 12.8. The number of benzene rings is 1. The molecule has 0 bridgehead atoms. The van der Waals surface area contributed by atoms with E-state index in [1.165, 1.54) is 28.9 Å². The largest absolute Gasteiger partial charge is 0.394 e. The molecule has 12 nitrogen and oxygen atoms in total. The van der Waals surface area contributed by atoms with Crippen molar-refractivity contribution in [2.24, 2.45) is 0 Å². The number of aliphatic hydroxyl groups is 2. The van der Waals surface area contributed by atoms with Crippen molar-refractivity contribution in [1.29, 1.82) is 0 Å². The summed E-state index contributed by atoms with van der Waals surface area (Å²) in [6, 6.07) is 3.70. The van der Waals surface area contributed by atoms with Crippen molar-refractivity contribution in [1.82, 2.24) is 15.1 Å². The normalized spacial score (nSPS) is 13.0. The Morgan fingerprint density at radius 2 is 1.89 bits per heavy atom. The number of hydrogen-bond donors (Lipinski definition) is 3. The minimum absolute atomic E-state index is 0.184. The minimum Gasteiger partial charge on any atom is -0.394 e. The van der Waals surface area contributed by atoms with E-state index < -0.39 is 45.9 Å². The van der Waals surface area contributed by atoms with Crippen LogP contribution in [-0.2, 0) is 6.54 Å². The molecule has 1 heterocycles. The highest BCUT2D eigenvalue weighted by molar-refractivity contribution is 5.96. The second-order valence-corrected chi connectivity index (χ2v) is 5.53. The van der Waals surface area contributed by atoms with Crippen LogP contribution in [0.25, 0.3) is 0 Å². The van der Waals surface area contributed by atoms with Crippen molar-refractivity contribution in [3.63, 3.8) is 0 Å². The Hall–Kier alpha value is -3.38. The van der Waals surface area contributed by atoms with Crippen molar-refractivity contribution in [3.8, 4) is 0 Å². The second kappa shape index (κ2) is 8.33. The standard InChI is InChI=1S/C15H17N5O7/c1-2-18-7-12(20(26)27)13(17-18)15(23)16-11(8-21)14(22)9-3-5-10(6-4-9)19(24)25/h3-7,11,14,21-22H,2,8H2,1H3,(H,16,23). The number of nitro benzene ring substituents is 1. The summed E-state index contributed by atoms with van der Waals surface area (Å²) in [4.78, 5) is 32.7. The molecule has 27 heavy (non-hydrogen) atoms. The van der Waals surface area contributed by atoms with E-state index in [0.717, 1.165) is 6.20 Å².